The Morgan fingerprint density at radius 1 is 1.12 bits per heavy atom. The Labute approximate surface area is 140 Å². The third-order valence-electron chi connectivity index (χ3n) is 3.35. The summed E-state index contributed by atoms with van der Waals surface area (Å²) in [5, 5.41) is 19.9. The molecule has 0 bridgehead atoms. The number of hydrogen-bond donors (Lipinski definition) is 2. The van der Waals surface area contributed by atoms with Gasteiger partial charge in [0.05, 0.1) is 15.8 Å². The van der Waals surface area contributed by atoms with Crippen molar-refractivity contribution in [2.45, 2.75) is 0 Å². The zero-order valence-corrected chi connectivity index (χ0v) is 13.7. The molecular weight excluding hydrogens is 330 g/mol. The first-order valence-electron chi connectivity index (χ1n) is 6.93. The Morgan fingerprint density at radius 3 is 2.46 bits per heavy atom. The Balaban J connectivity index is 2.22. The first kappa shape index (κ1) is 15.9. The molecule has 8 heteroatoms. The number of nitrogens with zero attached hydrogens (tertiary/aromatic N) is 3. The van der Waals surface area contributed by atoms with Crippen LogP contribution in [0.4, 0.5) is 5.13 Å². The molecule has 0 aliphatic heterocycles. The first-order valence-corrected chi connectivity index (χ1v) is 7.75. The van der Waals surface area contributed by atoms with Crippen molar-refractivity contribution in [3.05, 3.63) is 47.2 Å². The predicted molar refractivity (Wildman–Crippen MR) is 90.2 cm³/mol. The van der Waals surface area contributed by atoms with Gasteiger partial charge in [0.1, 0.15) is 5.75 Å². The van der Waals surface area contributed by atoms with E-state index in [0.717, 1.165) is 0 Å². The Kier molecular flexibility index (Phi) is 3.90. The number of benzene rings is 1. The van der Waals surface area contributed by atoms with Crippen LogP contribution in [0, 0.1) is 0 Å². The Morgan fingerprint density at radius 2 is 1.83 bits per heavy atom. The van der Waals surface area contributed by atoms with Gasteiger partial charge in [0.2, 0.25) is 0 Å². The molecule has 3 aromatic rings. The van der Waals surface area contributed by atoms with Gasteiger partial charge in [-0.05, 0) is 18.2 Å². The SMILES string of the molecule is CN(C)c1nc2nc(C(=O)O)c(C(=O)c3ccccc3O)cc2s1. The molecule has 0 saturated heterocycles. The average Bonchev–Trinajstić information content (AvgIpc) is 2.96. The number of anilines is 1. The number of aromatic hydroxyl groups is 1. The molecule has 7 nitrogen and oxygen atoms in total. The quantitative estimate of drug-likeness (QED) is 0.701. The minimum Gasteiger partial charge on any atom is -0.507 e. The highest BCUT2D eigenvalue weighted by molar-refractivity contribution is 7.22. The van der Waals surface area contributed by atoms with E-state index in [2.05, 4.69) is 9.97 Å². The lowest BCUT2D eigenvalue weighted by Crippen LogP contribution is -2.12. The Hall–Kier alpha value is -3.00. The van der Waals surface area contributed by atoms with Crippen LogP contribution in [0.3, 0.4) is 0 Å². The van der Waals surface area contributed by atoms with E-state index in [1.165, 1.54) is 29.5 Å². The van der Waals surface area contributed by atoms with Crippen molar-refractivity contribution in [2.75, 3.05) is 19.0 Å². The summed E-state index contributed by atoms with van der Waals surface area (Å²) in [6.07, 6.45) is 0. The van der Waals surface area contributed by atoms with E-state index in [9.17, 15) is 19.8 Å². The largest absolute Gasteiger partial charge is 0.507 e. The number of ketones is 1. The number of thiazole rings is 1. The molecule has 0 aliphatic carbocycles. The van der Waals surface area contributed by atoms with Crippen molar-refractivity contribution in [1.29, 1.82) is 0 Å². The molecule has 24 heavy (non-hydrogen) atoms. The number of aromatic carboxylic acids is 1. The summed E-state index contributed by atoms with van der Waals surface area (Å²) in [5.74, 6) is -2.13. The van der Waals surface area contributed by atoms with Gasteiger partial charge in [-0.25, -0.2) is 9.78 Å². The summed E-state index contributed by atoms with van der Waals surface area (Å²) in [5.41, 5.74) is -0.162. The van der Waals surface area contributed by atoms with Gasteiger partial charge in [0.25, 0.3) is 0 Å². The number of phenols is 1. The molecule has 3 rings (SSSR count). The lowest BCUT2D eigenvalue weighted by atomic mass is 10.0. The van der Waals surface area contributed by atoms with Crippen LogP contribution in [0.15, 0.2) is 30.3 Å². The molecule has 0 radical (unpaired) electrons. The van der Waals surface area contributed by atoms with Gasteiger partial charge in [-0.15, -0.1) is 0 Å². The molecule has 0 unspecified atom stereocenters. The zero-order chi connectivity index (χ0) is 17.4. The van der Waals surface area contributed by atoms with Gasteiger partial charge in [-0.1, -0.05) is 23.5 Å². The second-order valence-electron chi connectivity index (χ2n) is 5.25. The summed E-state index contributed by atoms with van der Waals surface area (Å²) in [6, 6.07) is 7.45. The number of para-hydroxylation sites is 1. The number of fused-ring (bicyclic) bond motifs is 1. The average molecular weight is 343 g/mol. The van der Waals surface area contributed by atoms with Gasteiger partial charge >= 0.3 is 5.97 Å². The van der Waals surface area contributed by atoms with Crippen molar-refractivity contribution < 1.29 is 19.8 Å². The topological polar surface area (TPSA) is 104 Å². The van der Waals surface area contributed by atoms with Crippen LogP contribution in [0.25, 0.3) is 10.3 Å². The van der Waals surface area contributed by atoms with E-state index in [1.807, 2.05) is 14.1 Å². The molecule has 0 amide bonds. The number of rotatable bonds is 4. The first-order chi connectivity index (χ1) is 11.4. The maximum absolute atomic E-state index is 12.7. The number of carbonyl (C=O) groups is 2. The maximum Gasteiger partial charge on any atom is 0.355 e. The zero-order valence-electron chi connectivity index (χ0n) is 12.8. The van der Waals surface area contributed by atoms with Crippen LogP contribution in [0.2, 0.25) is 0 Å². The van der Waals surface area contributed by atoms with E-state index in [-0.39, 0.29) is 28.2 Å². The third kappa shape index (κ3) is 2.67. The van der Waals surface area contributed by atoms with E-state index in [1.54, 1.807) is 17.0 Å². The van der Waals surface area contributed by atoms with Gasteiger partial charge in [0.15, 0.2) is 22.3 Å². The molecule has 0 spiro atoms. The number of carboxylic acids is 1. The fourth-order valence-electron chi connectivity index (χ4n) is 2.19. The monoisotopic (exact) mass is 343 g/mol. The van der Waals surface area contributed by atoms with Gasteiger partial charge < -0.3 is 15.1 Å². The minimum atomic E-state index is -1.32. The van der Waals surface area contributed by atoms with Crippen LogP contribution in [-0.4, -0.2) is 46.0 Å². The van der Waals surface area contributed by atoms with Gasteiger partial charge in [0, 0.05) is 14.1 Å². The molecule has 0 atom stereocenters. The summed E-state index contributed by atoms with van der Waals surface area (Å²) in [6.45, 7) is 0. The fraction of sp³-hybridized carbons (Fsp3) is 0.125. The second kappa shape index (κ2) is 5.89. The summed E-state index contributed by atoms with van der Waals surface area (Å²) in [4.78, 5) is 34.3. The number of aromatic nitrogens is 2. The van der Waals surface area contributed by atoms with E-state index >= 15 is 0 Å². The summed E-state index contributed by atoms with van der Waals surface area (Å²) < 4.78 is 0.600. The normalized spacial score (nSPS) is 10.8. The second-order valence-corrected chi connectivity index (χ2v) is 6.26. The highest BCUT2D eigenvalue weighted by Crippen LogP contribution is 2.30. The minimum absolute atomic E-state index is 0.0264. The molecule has 0 aliphatic rings. The maximum atomic E-state index is 12.7. The molecule has 122 valence electrons. The smallest absolute Gasteiger partial charge is 0.355 e. The molecule has 1 aromatic carbocycles. The predicted octanol–water partition coefficient (Wildman–Crippen LogP) is 2.39. The van der Waals surface area contributed by atoms with Crippen molar-refractivity contribution in [2.24, 2.45) is 0 Å². The van der Waals surface area contributed by atoms with Crippen molar-refractivity contribution in [3.63, 3.8) is 0 Å². The van der Waals surface area contributed by atoms with Crippen LogP contribution in [0.1, 0.15) is 26.4 Å². The molecule has 2 aromatic heterocycles. The van der Waals surface area contributed by atoms with Gasteiger partial charge in [-0.3, -0.25) is 4.79 Å². The van der Waals surface area contributed by atoms with Crippen LogP contribution in [-0.2, 0) is 0 Å². The number of hydrogen-bond acceptors (Lipinski definition) is 7. The van der Waals surface area contributed by atoms with Crippen LogP contribution in [0.5, 0.6) is 5.75 Å². The van der Waals surface area contributed by atoms with Crippen molar-refractivity contribution in [1.82, 2.24) is 9.97 Å². The number of phenolic OH excluding ortho intramolecular Hbond substituents is 1. The molecule has 0 fully saturated rings. The number of carbonyl (C=O) groups excluding carboxylic acids is 1. The van der Waals surface area contributed by atoms with Gasteiger partial charge in [-0.2, -0.15) is 4.98 Å². The van der Waals surface area contributed by atoms with Crippen molar-refractivity contribution >= 4 is 38.6 Å². The molecule has 2 heterocycles. The number of pyridine rings is 1. The lowest BCUT2D eigenvalue weighted by Gasteiger charge is -2.06. The molecular formula is C16H13N3O4S. The van der Waals surface area contributed by atoms with E-state index in [0.29, 0.717) is 9.83 Å². The highest BCUT2D eigenvalue weighted by Gasteiger charge is 2.24. The van der Waals surface area contributed by atoms with E-state index < -0.39 is 11.8 Å². The number of carboxylic acid groups (broad SMARTS) is 1. The van der Waals surface area contributed by atoms with E-state index in [4.69, 9.17) is 0 Å². The molecule has 2 N–H and O–H groups in total. The highest BCUT2D eigenvalue weighted by atomic mass is 32.1. The fourth-order valence-corrected chi connectivity index (χ4v) is 3.06. The van der Waals surface area contributed by atoms with Crippen molar-refractivity contribution in [3.8, 4) is 5.75 Å². The Bertz CT molecular complexity index is 965. The third-order valence-corrected chi connectivity index (χ3v) is 4.51. The van der Waals surface area contributed by atoms with Crippen LogP contribution >= 0.6 is 11.3 Å². The van der Waals surface area contributed by atoms with Crippen LogP contribution < -0.4 is 4.90 Å². The molecule has 0 saturated carbocycles. The lowest BCUT2D eigenvalue weighted by molar-refractivity contribution is 0.0686. The standard InChI is InChI=1S/C16H13N3O4S/c1-19(2)16-18-14-11(24-16)7-9(12(17-14)15(22)23)13(21)8-5-3-4-6-10(8)20/h3-7,20H,1-2H3,(H,22,23). The summed E-state index contributed by atoms with van der Waals surface area (Å²) >= 11 is 1.30. The summed E-state index contributed by atoms with van der Waals surface area (Å²) in [7, 11) is 3.62.